The Balaban J connectivity index is 1.21. The first-order valence-corrected chi connectivity index (χ1v) is 18.3. The number of aryl methyl sites for hydroxylation is 1. The predicted octanol–water partition coefficient (Wildman–Crippen LogP) is 2.48. The third-order valence-electron chi connectivity index (χ3n) is 8.74. The number of hydrogen-bond donors (Lipinski definition) is 1. The van der Waals surface area contributed by atoms with E-state index < -0.39 is 31.5 Å². The molecule has 1 amide bonds. The topological polar surface area (TPSA) is 211 Å². The lowest BCUT2D eigenvalue weighted by Gasteiger charge is -2.47. The van der Waals surface area contributed by atoms with Crippen LogP contribution in [0.2, 0.25) is 0 Å². The molecule has 0 aliphatic carbocycles. The highest BCUT2D eigenvalue weighted by molar-refractivity contribution is 7.89. The van der Waals surface area contributed by atoms with Crippen LogP contribution in [0.25, 0.3) is 28.0 Å². The largest absolute Gasteiger partial charge is 0.470 e. The maximum Gasteiger partial charge on any atom is 0.278 e. The fraction of sp³-hybridized carbons (Fsp3) is 0.290. The van der Waals surface area contributed by atoms with Crippen LogP contribution < -0.4 is 5.32 Å². The Kier molecular flexibility index (Phi) is 7.96. The molecule has 7 rings (SSSR count). The fourth-order valence-corrected chi connectivity index (χ4v) is 8.69. The smallest absolute Gasteiger partial charge is 0.278 e. The van der Waals surface area contributed by atoms with E-state index in [4.69, 9.17) is 9.26 Å². The van der Waals surface area contributed by atoms with E-state index in [2.05, 4.69) is 31.6 Å². The molecular weight excluding hydrogens is 689 g/mol. The summed E-state index contributed by atoms with van der Waals surface area (Å²) in [6, 6.07) is 11.7. The quantitative estimate of drug-likeness (QED) is 0.221. The van der Waals surface area contributed by atoms with Gasteiger partial charge in [-0.15, -0.1) is 0 Å². The summed E-state index contributed by atoms with van der Waals surface area (Å²) < 4.78 is 68.5. The summed E-state index contributed by atoms with van der Waals surface area (Å²) in [5.41, 5.74) is 0.800. The summed E-state index contributed by atoms with van der Waals surface area (Å²) in [6.07, 6.45) is 6.52. The van der Waals surface area contributed by atoms with E-state index in [-0.39, 0.29) is 59.7 Å². The van der Waals surface area contributed by atoms with Gasteiger partial charge in [0.05, 0.1) is 35.0 Å². The Morgan fingerprint density at radius 3 is 2.70 bits per heavy atom. The summed E-state index contributed by atoms with van der Waals surface area (Å²) >= 11 is 0. The minimum atomic E-state index is -4.09. The van der Waals surface area contributed by atoms with E-state index in [0.29, 0.717) is 28.1 Å². The van der Waals surface area contributed by atoms with E-state index >= 15 is 0 Å². The van der Waals surface area contributed by atoms with Crippen molar-refractivity contribution in [3.05, 3.63) is 78.3 Å². The van der Waals surface area contributed by atoms with Crippen molar-refractivity contribution in [2.45, 2.75) is 37.4 Å². The van der Waals surface area contributed by atoms with Crippen LogP contribution in [0.4, 0.5) is 5.82 Å². The Morgan fingerprint density at radius 1 is 1.20 bits per heavy atom. The molecule has 50 heavy (non-hydrogen) atoms. The van der Waals surface area contributed by atoms with Crippen LogP contribution in [-0.2, 0) is 41.8 Å². The summed E-state index contributed by atoms with van der Waals surface area (Å²) in [7, 11) is -6.23. The first-order chi connectivity index (χ1) is 23.9. The van der Waals surface area contributed by atoms with Gasteiger partial charge in [-0.1, -0.05) is 17.3 Å². The van der Waals surface area contributed by atoms with Gasteiger partial charge in [-0.3, -0.25) is 18.3 Å². The molecule has 258 valence electrons. The number of rotatable bonds is 10. The molecule has 0 saturated carbocycles. The van der Waals surface area contributed by atoms with Gasteiger partial charge in [-0.25, -0.2) is 26.8 Å². The number of nitrogens with zero attached hydrogens (tertiary/aromatic N) is 9. The molecule has 0 radical (unpaired) electrons. The Bertz CT molecular complexity index is 2450. The van der Waals surface area contributed by atoms with Crippen molar-refractivity contribution in [1.82, 2.24) is 38.1 Å². The number of amides is 1. The van der Waals surface area contributed by atoms with Crippen LogP contribution in [0.1, 0.15) is 24.7 Å². The average Bonchev–Trinajstić information content (AvgIpc) is 3.84. The summed E-state index contributed by atoms with van der Waals surface area (Å²) in [6.45, 7) is 3.34. The monoisotopic (exact) mass is 718 g/mol. The molecule has 6 heterocycles. The highest BCUT2D eigenvalue weighted by Gasteiger charge is 2.49. The van der Waals surface area contributed by atoms with Gasteiger partial charge in [0.1, 0.15) is 23.3 Å². The van der Waals surface area contributed by atoms with Crippen molar-refractivity contribution in [2.24, 2.45) is 0 Å². The first-order valence-electron chi connectivity index (χ1n) is 15.3. The highest BCUT2D eigenvalue weighted by Crippen LogP contribution is 2.38. The number of carbonyl (C=O) groups excluding carboxylic acids is 1. The molecular formula is C31H30N10O7S2. The molecule has 17 nitrogen and oxygen atoms in total. The Hall–Kier alpha value is -5.58. The maximum atomic E-state index is 13.6. The van der Waals surface area contributed by atoms with Crippen molar-refractivity contribution in [3.8, 4) is 17.3 Å². The molecule has 4 aromatic heterocycles. The standard InChI is InChI=1S/C31H30N10O7S2/c1-4-49(43,44)40-16-31(17-40,10-11-32)41-15-21(14-35-41)26-23-9-12-39(29(23)34-18-33-26)19-47-28-22-7-5-6-8-24(22)50(45,46)38(3)27(28)30(42)36-25-13-20(2)48-37-25/h5-9,12-15,18H,4,10,16-17,19H2,1-3H3,(H,36,37,42). The number of aromatic nitrogens is 6. The number of fused-ring (bicyclic) bond motifs is 2. The molecule has 5 aromatic rings. The van der Waals surface area contributed by atoms with Gasteiger partial charge in [0.25, 0.3) is 15.9 Å². The number of hydrogen-bond acceptors (Lipinski definition) is 12. The van der Waals surface area contributed by atoms with Gasteiger partial charge in [0, 0.05) is 55.1 Å². The Morgan fingerprint density at radius 2 is 1.98 bits per heavy atom. The first kappa shape index (κ1) is 32.9. The van der Waals surface area contributed by atoms with Crippen LogP contribution in [0.15, 0.2) is 76.4 Å². The zero-order valence-electron chi connectivity index (χ0n) is 27.0. The highest BCUT2D eigenvalue weighted by atomic mass is 32.2. The minimum absolute atomic E-state index is 0.0236. The number of anilines is 1. The van der Waals surface area contributed by atoms with E-state index in [0.717, 1.165) is 4.31 Å². The van der Waals surface area contributed by atoms with E-state index in [1.807, 2.05) is 0 Å². The van der Waals surface area contributed by atoms with Gasteiger partial charge in [0.2, 0.25) is 10.0 Å². The number of sulfonamides is 2. The van der Waals surface area contributed by atoms with Crippen molar-refractivity contribution in [3.63, 3.8) is 0 Å². The number of nitriles is 1. The molecule has 0 spiro atoms. The average molecular weight is 719 g/mol. The molecule has 0 atom stereocenters. The summed E-state index contributed by atoms with van der Waals surface area (Å²) in [4.78, 5) is 22.5. The SMILES string of the molecule is CCS(=O)(=O)N1CC(CC#N)(n2cc(-c3ncnc4c3ccn4COC3=C(C(=O)Nc4cc(C)on4)N(C)S(=O)(=O)c4ccccc43)cn2)C1. The zero-order chi connectivity index (χ0) is 35.4. The van der Waals surface area contributed by atoms with Gasteiger partial charge in [0.15, 0.2) is 24.0 Å². The molecule has 2 aliphatic rings. The maximum absolute atomic E-state index is 13.6. The minimum Gasteiger partial charge on any atom is -0.470 e. The summed E-state index contributed by atoms with van der Waals surface area (Å²) in [5.74, 6) is -0.227. The number of nitrogens with one attached hydrogen (secondary N) is 1. The Labute approximate surface area is 286 Å². The molecule has 19 heteroatoms. The van der Waals surface area contributed by atoms with Crippen LogP contribution >= 0.6 is 0 Å². The lowest BCUT2D eigenvalue weighted by atomic mass is 9.89. The van der Waals surface area contributed by atoms with Gasteiger partial charge < -0.3 is 14.6 Å². The van der Waals surface area contributed by atoms with E-state index in [1.54, 1.807) is 66.0 Å². The molecule has 2 aliphatic heterocycles. The molecule has 1 N–H and O–H groups in total. The lowest BCUT2D eigenvalue weighted by Crippen LogP contribution is -2.64. The number of carbonyl (C=O) groups is 1. The normalized spacial score (nSPS) is 16.9. The van der Waals surface area contributed by atoms with Crippen molar-refractivity contribution < 1.29 is 30.9 Å². The fourth-order valence-electron chi connectivity index (χ4n) is 6.06. The van der Waals surface area contributed by atoms with Crippen LogP contribution in [-0.4, -0.2) is 86.7 Å². The molecule has 1 fully saturated rings. The zero-order valence-corrected chi connectivity index (χ0v) is 28.6. The second kappa shape index (κ2) is 12.1. The molecule has 0 unspecified atom stereocenters. The third kappa shape index (κ3) is 5.37. The van der Waals surface area contributed by atoms with E-state index in [9.17, 15) is 26.9 Å². The summed E-state index contributed by atoms with van der Waals surface area (Å²) in [5, 5.41) is 21.0. The van der Waals surface area contributed by atoms with Gasteiger partial charge in [-0.2, -0.15) is 14.7 Å². The van der Waals surface area contributed by atoms with Crippen LogP contribution in [0.3, 0.4) is 0 Å². The van der Waals surface area contributed by atoms with Gasteiger partial charge in [-0.05, 0) is 32.0 Å². The molecule has 0 bridgehead atoms. The van der Waals surface area contributed by atoms with Crippen molar-refractivity contribution >= 4 is 48.6 Å². The predicted molar refractivity (Wildman–Crippen MR) is 177 cm³/mol. The molecule has 1 aromatic carbocycles. The third-order valence-corrected chi connectivity index (χ3v) is 12.3. The number of ether oxygens (including phenoxy) is 1. The van der Waals surface area contributed by atoms with Gasteiger partial charge >= 0.3 is 0 Å². The second-order valence-electron chi connectivity index (χ2n) is 11.8. The van der Waals surface area contributed by atoms with Crippen molar-refractivity contribution in [1.29, 1.82) is 5.26 Å². The van der Waals surface area contributed by atoms with E-state index in [1.165, 1.54) is 29.8 Å². The number of likely N-dealkylation sites (N-methyl/N-ethyl adjacent to an activating group) is 1. The number of benzene rings is 1. The second-order valence-corrected chi connectivity index (χ2v) is 16.0. The van der Waals surface area contributed by atoms with Crippen molar-refractivity contribution in [2.75, 3.05) is 31.2 Å². The van der Waals surface area contributed by atoms with Crippen LogP contribution in [0.5, 0.6) is 0 Å². The molecule has 1 saturated heterocycles. The lowest BCUT2D eigenvalue weighted by molar-refractivity contribution is -0.113. The van der Waals surface area contributed by atoms with Crippen LogP contribution in [0, 0.1) is 18.3 Å².